The molecular formula is C11H18O3. The lowest BCUT2D eigenvalue weighted by Crippen LogP contribution is -2.16. The van der Waals surface area contributed by atoms with Crippen LogP contribution in [0.25, 0.3) is 0 Å². The fourth-order valence-corrected chi connectivity index (χ4v) is 2.09. The molecule has 0 bridgehead atoms. The summed E-state index contributed by atoms with van der Waals surface area (Å²) in [5.74, 6) is 1.69. The number of methoxy groups -OCH3 is 1. The molecule has 1 heterocycles. The van der Waals surface area contributed by atoms with Gasteiger partial charge in [0.25, 0.3) is 0 Å². The maximum atomic E-state index is 5.48. The average molecular weight is 198 g/mol. The van der Waals surface area contributed by atoms with Crippen molar-refractivity contribution in [3.63, 3.8) is 0 Å². The predicted octanol–water partition coefficient (Wildman–Crippen LogP) is 2.08. The van der Waals surface area contributed by atoms with Crippen LogP contribution in [0.2, 0.25) is 0 Å². The van der Waals surface area contributed by atoms with E-state index in [-0.39, 0.29) is 6.29 Å². The molecule has 2 aliphatic rings. The number of hydrogen-bond acceptors (Lipinski definition) is 3. The van der Waals surface area contributed by atoms with Crippen molar-refractivity contribution in [2.75, 3.05) is 13.7 Å². The van der Waals surface area contributed by atoms with Gasteiger partial charge in [0.2, 0.25) is 0 Å². The van der Waals surface area contributed by atoms with Crippen LogP contribution in [0.4, 0.5) is 0 Å². The summed E-state index contributed by atoms with van der Waals surface area (Å²) in [7, 11) is 1.74. The first-order valence-corrected chi connectivity index (χ1v) is 5.35. The topological polar surface area (TPSA) is 31.0 Å². The van der Waals surface area contributed by atoms with Gasteiger partial charge >= 0.3 is 0 Å². The maximum absolute atomic E-state index is 5.48. The van der Waals surface area contributed by atoms with Crippen LogP contribution in [0.1, 0.15) is 26.2 Å². The zero-order valence-electron chi connectivity index (χ0n) is 8.86. The molecule has 1 fully saturated rings. The second-order valence-electron chi connectivity index (χ2n) is 3.84. The first kappa shape index (κ1) is 9.99. The molecule has 2 rings (SSSR count). The highest BCUT2D eigenvalue weighted by atomic mass is 16.8. The molecule has 3 nitrogen and oxygen atoms in total. The maximum Gasteiger partial charge on any atom is 0.184 e. The van der Waals surface area contributed by atoms with E-state index < -0.39 is 0 Å². The minimum absolute atomic E-state index is 0.0567. The molecule has 0 aromatic heterocycles. The number of epoxide rings is 1. The smallest absolute Gasteiger partial charge is 0.184 e. The minimum atomic E-state index is 0.0567. The molecule has 0 aromatic carbocycles. The van der Waals surface area contributed by atoms with E-state index in [9.17, 15) is 0 Å². The summed E-state index contributed by atoms with van der Waals surface area (Å²) in [6.07, 6.45) is 5.85. The van der Waals surface area contributed by atoms with Gasteiger partial charge in [-0.3, -0.25) is 0 Å². The molecule has 0 aromatic rings. The number of rotatable bonds is 4. The Labute approximate surface area is 85.0 Å². The first-order chi connectivity index (χ1) is 6.85. The van der Waals surface area contributed by atoms with Crippen molar-refractivity contribution >= 4 is 0 Å². The Morgan fingerprint density at radius 1 is 1.57 bits per heavy atom. The lowest BCUT2D eigenvalue weighted by Gasteiger charge is -2.19. The first-order valence-electron chi connectivity index (χ1n) is 5.35. The third kappa shape index (κ3) is 2.10. The van der Waals surface area contributed by atoms with Crippen LogP contribution < -0.4 is 0 Å². The summed E-state index contributed by atoms with van der Waals surface area (Å²) in [5.41, 5.74) is 0. The van der Waals surface area contributed by atoms with Gasteiger partial charge in [0.15, 0.2) is 6.29 Å². The summed E-state index contributed by atoms with van der Waals surface area (Å²) < 4.78 is 16.1. The summed E-state index contributed by atoms with van der Waals surface area (Å²) in [5, 5.41) is 0. The van der Waals surface area contributed by atoms with Crippen molar-refractivity contribution in [2.24, 2.45) is 5.92 Å². The lowest BCUT2D eigenvalue weighted by molar-refractivity contribution is 0.0592. The molecule has 0 saturated carbocycles. The van der Waals surface area contributed by atoms with Gasteiger partial charge in [-0.05, 0) is 31.8 Å². The van der Waals surface area contributed by atoms with Crippen molar-refractivity contribution in [1.29, 1.82) is 0 Å². The van der Waals surface area contributed by atoms with Gasteiger partial charge in [-0.2, -0.15) is 0 Å². The Morgan fingerprint density at radius 2 is 2.43 bits per heavy atom. The van der Waals surface area contributed by atoms with E-state index in [0.717, 1.165) is 25.2 Å². The molecule has 3 heteroatoms. The molecule has 0 amide bonds. The number of allylic oxidation sites excluding steroid dienone is 2. The molecule has 1 saturated heterocycles. The summed E-state index contributed by atoms with van der Waals surface area (Å²) in [6.45, 7) is 2.74. The Hall–Kier alpha value is -0.540. The van der Waals surface area contributed by atoms with Crippen LogP contribution in [-0.2, 0) is 14.2 Å². The number of hydrogen-bond donors (Lipinski definition) is 0. The highest BCUT2D eigenvalue weighted by Crippen LogP contribution is 2.38. The lowest BCUT2D eigenvalue weighted by atomic mass is 9.90. The van der Waals surface area contributed by atoms with Crippen molar-refractivity contribution in [2.45, 2.75) is 38.6 Å². The second-order valence-corrected chi connectivity index (χ2v) is 3.84. The fraction of sp³-hybridized carbons (Fsp3) is 0.818. The predicted molar refractivity (Wildman–Crippen MR) is 52.7 cm³/mol. The quantitative estimate of drug-likeness (QED) is 0.648. The standard InChI is InChI=1S/C11H18O3/c1-3-13-11-10(14-11)8-5-4-6-9(7-8)12-2/h6,8,10-11H,3-5,7H2,1-2H3. The molecule has 1 aliphatic carbocycles. The minimum Gasteiger partial charge on any atom is -0.501 e. The summed E-state index contributed by atoms with van der Waals surface area (Å²) in [6, 6.07) is 0. The van der Waals surface area contributed by atoms with E-state index in [4.69, 9.17) is 14.2 Å². The zero-order valence-corrected chi connectivity index (χ0v) is 8.86. The van der Waals surface area contributed by atoms with Crippen molar-refractivity contribution in [1.82, 2.24) is 0 Å². The molecule has 1 aliphatic heterocycles. The van der Waals surface area contributed by atoms with Crippen LogP contribution in [0, 0.1) is 5.92 Å². The normalized spacial score (nSPS) is 36.4. The third-order valence-electron chi connectivity index (χ3n) is 2.91. The highest BCUT2D eigenvalue weighted by Gasteiger charge is 2.46. The zero-order chi connectivity index (χ0) is 9.97. The van der Waals surface area contributed by atoms with Gasteiger partial charge in [0.05, 0.1) is 12.9 Å². The molecule has 0 spiro atoms. The monoisotopic (exact) mass is 198 g/mol. The van der Waals surface area contributed by atoms with Crippen LogP contribution >= 0.6 is 0 Å². The van der Waals surface area contributed by atoms with Gasteiger partial charge in [-0.15, -0.1) is 0 Å². The summed E-state index contributed by atoms with van der Waals surface area (Å²) in [4.78, 5) is 0. The van der Waals surface area contributed by atoms with Gasteiger partial charge in [0, 0.05) is 13.0 Å². The molecule has 0 N–H and O–H groups in total. The third-order valence-corrected chi connectivity index (χ3v) is 2.91. The van der Waals surface area contributed by atoms with Gasteiger partial charge in [-0.1, -0.05) is 0 Å². The van der Waals surface area contributed by atoms with Crippen molar-refractivity contribution < 1.29 is 14.2 Å². The Kier molecular flexibility index (Phi) is 3.08. The summed E-state index contributed by atoms with van der Waals surface area (Å²) >= 11 is 0. The van der Waals surface area contributed by atoms with Gasteiger partial charge < -0.3 is 14.2 Å². The van der Waals surface area contributed by atoms with E-state index in [1.807, 2.05) is 6.92 Å². The second kappa shape index (κ2) is 4.32. The molecule has 3 unspecified atom stereocenters. The van der Waals surface area contributed by atoms with E-state index >= 15 is 0 Å². The van der Waals surface area contributed by atoms with Crippen LogP contribution in [0.5, 0.6) is 0 Å². The van der Waals surface area contributed by atoms with E-state index in [1.165, 1.54) is 6.42 Å². The highest BCUT2D eigenvalue weighted by molar-refractivity contribution is 5.03. The van der Waals surface area contributed by atoms with Crippen molar-refractivity contribution in [3.05, 3.63) is 11.8 Å². The molecule has 3 atom stereocenters. The van der Waals surface area contributed by atoms with Gasteiger partial charge in [0.1, 0.15) is 6.10 Å². The van der Waals surface area contributed by atoms with Crippen LogP contribution in [-0.4, -0.2) is 26.1 Å². The largest absolute Gasteiger partial charge is 0.501 e. The fourth-order valence-electron chi connectivity index (χ4n) is 2.09. The van der Waals surface area contributed by atoms with Crippen LogP contribution in [0.15, 0.2) is 11.8 Å². The average Bonchev–Trinajstić information content (AvgIpc) is 2.98. The van der Waals surface area contributed by atoms with Crippen molar-refractivity contribution in [3.8, 4) is 0 Å². The Balaban J connectivity index is 1.81. The van der Waals surface area contributed by atoms with Crippen LogP contribution in [0.3, 0.4) is 0 Å². The van der Waals surface area contributed by atoms with Gasteiger partial charge in [-0.25, -0.2) is 0 Å². The molecular weight excluding hydrogens is 180 g/mol. The van der Waals surface area contributed by atoms with E-state index in [1.54, 1.807) is 7.11 Å². The number of ether oxygens (including phenoxy) is 3. The Bertz CT molecular complexity index is 225. The SMILES string of the molecule is CCOC1OC1C1CCC=C(OC)C1. The molecule has 14 heavy (non-hydrogen) atoms. The molecule has 0 radical (unpaired) electrons. The van der Waals surface area contributed by atoms with E-state index in [0.29, 0.717) is 12.0 Å². The Morgan fingerprint density at radius 3 is 3.14 bits per heavy atom. The molecule has 80 valence electrons. The van der Waals surface area contributed by atoms with E-state index in [2.05, 4.69) is 6.08 Å².